The van der Waals surface area contributed by atoms with E-state index in [9.17, 15) is 8.42 Å². The predicted molar refractivity (Wildman–Crippen MR) is 125 cm³/mol. The Labute approximate surface area is 183 Å². The van der Waals surface area contributed by atoms with Crippen molar-refractivity contribution in [2.24, 2.45) is 7.05 Å². The van der Waals surface area contributed by atoms with E-state index in [4.69, 9.17) is 15.0 Å². The van der Waals surface area contributed by atoms with Crippen molar-refractivity contribution in [1.82, 2.24) is 4.57 Å². The minimum Gasteiger partial charge on any atom is -0.399 e. The van der Waals surface area contributed by atoms with Crippen LogP contribution in [0.3, 0.4) is 0 Å². The number of sulfonamides is 1. The molecule has 0 atom stereocenters. The highest BCUT2D eigenvalue weighted by molar-refractivity contribution is 7.92. The summed E-state index contributed by atoms with van der Waals surface area (Å²) in [7, 11) is -1.03. The number of aromatic nitrogens is 1. The SMILES string of the molecule is CN(c1cc2ccn(C)c2cc1B1OC(C)(C)C(C)(C)O1)S(=O)(=O)c1ccc(N)cc1. The van der Waals surface area contributed by atoms with E-state index in [0.29, 0.717) is 16.8 Å². The normalized spacial score (nSPS) is 17.9. The number of nitrogen functional groups attached to an aromatic ring is 1. The number of aryl methyl sites for hydroxylation is 1. The van der Waals surface area contributed by atoms with Crippen molar-refractivity contribution < 1.29 is 17.7 Å². The van der Waals surface area contributed by atoms with Gasteiger partial charge in [0.25, 0.3) is 10.0 Å². The van der Waals surface area contributed by atoms with E-state index in [0.717, 1.165) is 10.9 Å². The molecule has 2 heterocycles. The summed E-state index contributed by atoms with van der Waals surface area (Å²) >= 11 is 0. The average molecular weight is 441 g/mol. The number of benzene rings is 2. The van der Waals surface area contributed by atoms with Gasteiger partial charge in [0.2, 0.25) is 0 Å². The first-order valence-corrected chi connectivity index (χ1v) is 11.6. The number of nitrogens with zero attached hydrogens (tertiary/aromatic N) is 2. The molecule has 164 valence electrons. The summed E-state index contributed by atoms with van der Waals surface area (Å²) < 4.78 is 42.6. The highest BCUT2D eigenvalue weighted by atomic mass is 32.2. The molecule has 1 saturated heterocycles. The van der Waals surface area contributed by atoms with E-state index in [1.165, 1.54) is 16.4 Å². The van der Waals surface area contributed by atoms with Gasteiger partial charge in [0, 0.05) is 42.3 Å². The summed E-state index contributed by atoms with van der Waals surface area (Å²) in [6, 6.07) is 11.9. The quantitative estimate of drug-likeness (QED) is 0.497. The Hall–Kier alpha value is -2.49. The molecular formula is C22H28BN3O4S. The fourth-order valence-corrected chi connectivity index (χ4v) is 4.89. The highest BCUT2D eigenvalue weighted by Gasteiger charge is 2.52. The number of nitrogens with two attached hydrogens (primary N) is 1. The zero-order valence-corrected chi connectivity index (χ0v) is 19.5. The van der Waals surface area contributed by atoms with Gasteiger partial charge in [-0.1, -0.05) is 0 Å². The lowest BCUT2D eigenvalue weighted by atomic mass is 9.77. The molecule has 9 heteroatoms. The molecule has 3 aromatic rings. The van der Waals surface area contributed by atoms with E-state index >= 15 is 0 Å². The number of hydrogen-bond donors (Lipinski definition) is 1. The second-order valence-corrected chi connectivity index (χ2v) is 11.0. The number of fused-ring (bicyclic) bond motifs is 1. The summed E-state index contributed by atoms with van der Waals surface area (Å²) in [5.74, 6) is 0. The van der Waals surface area contributed by atoms with Gasteiger partial charge < -0.3 is 19.6 Å². The molecule has 31 heavy (non-hydrogen) atoms. The molecule has 7 nitrogen and oxygen atoms in total. The van der Waals surface area contributed by atoms with Gasteiger partial charge in [-0.2, -0.15) is 0 Å². The summed E-state index contributed by atoms with van der Waals surface area (Å²) in [4.78, 5) is 0.164. The second kappa shape index (κ2) is 7.01. The maximum atomic E-state index is 13.4. The maximum Gasteiger partial charge on any atom is 0.497 e. The van der Waals surface area contributed by atoms with Crippen molar-refractivity contribution in [3.05, 3.63) is 48.7 Å². The standard InChI is InChI=1S/C22H28BN3O4S/c1-21(2)22(3,4)30-23(29-21)18-14-19-15(11-12-25(19)5)13-20(18)26(6)31(27,28)17-9-7-16(24)8-10-17/h7-14H,24H2,1-6H3. The monoisotopic (exact) mass is 441 g/mol. The van der Waals surface area contributed by atoms with Crippen molar-refractivity contribution in [2.45, 2.75) is 43.8 Å². The molecule has 0 unspecified atom stereocenters. The molecule has 0 spiro atoms. The minimum atomic E-state index is -3.82. The Morgan fingerprint density at radius 2 is 1.58 bits per heavy atom. The lowest BCUT2D eigenvalue weighted by molar-refractivity contribution is 0.00578. The Morgan fingerprint density at radius 1 is 1.00 bits per heavy atom. The molecule has 1 fully saturated rings. The summed E-state index contributed by atoms with van der Waals surface area (Å²) in [6.07, 6.45) is 1.94. The van der Waals surface area contributed by atoms with Crippen molar-refractivity contribution in [3.63, 3.8) is 0 Å². The average Bonchev–Trinajstić information content (AvgIpc) is 3.15. The van der Waals surface area contributed by atoms with Crippen LogP contribution in [0.2, 0.25) is 0 Å². The first-order valence-electron chi connectivity index (χ1n) is 10.1. The predicted octanol–water partition coefficient (Wildman–Crippen LogP) is 2.88. The van der Waals surface area contributed by atoms with Gasteiger partial charge in [-0.15, -0.1) is 0 Å². The first kappa shape index (κ1) is 21.7. The number of rotatable bonds is 4. The van der Waals surface area contributed by atoms with E-state index in [1.54, 1.807) is 19.2 Å². The molecule has 4 rings (SSSR count). The molecule has 1 aliphatic heterocycles. The van der Waals surface area contributed by atoms with E-state index in [-0.39, 0.29) is 4.90 Å². The van der Waals surface area contributed by atoms with Gasteiger partial charge in [-0.25, -0.2) is 8.42 Å². The van der Waals surface area contributed by atoms with Crippen molar-refractivity contribution in [3.8, 4) is 0 Å². The third kappa shape index (κ3) is 3.50. The zero-order valence-electron chi connectivity index (χ0n) is 18.7. The Kier molecular flexibility index (Phi) is 4.92. The van der Waals surface area contributed by atoms with Crippen molar-refractivity contribution in [1.29, 1.82) is 0 Å². The Bertz CT molecular complexity index is 1230. The zero-order chi connectivity index (χ0) is 22.8. The lowest BCUT2D eigenvalue weighted by Crippen LogP contribution is -2.41. The van der Waals surface area contributed by atoms with Gasteiger partial charge in [0.1, 0.15) is 0 Å². The molecule has 2 aromatic carbocycles. The highest BCUT2D eigenvalue weighted by Crippen LogP contribution is 2.38. The molecule has 0 bridgehead atoms. The van der Waals surface area contributed by atoms with E-state index < -0.39 is 28.3 Å². The van der Waals surface area contributed by atoms with Gasteiger partial charge >= 0.3 is 7.12 Å². The summed E-state index contributed by atoms with van der Waals surface area (Å²) in [6.45, 7) is 7.90. The Morgan fingerprint density at radius 3 is 2.16 bits per heavy atom. The van der Waals surface area contributed by atoms with E-state index in [2.05, 4.69) is 0 Å². The van der Waals surface area contributed by atoms with Crippen LogP contribution in [0, 0.1) is 0 Å². The number of hydrogen-bond acceptors (Lipinski definition) is 5. The molecule has 0 amide bonds. The van der Waals surface area contributed by atoms with Crippen molar-refractivity contribution >= 4 is 44.9 Å². The number of anilines is 2. The Balaban J connectivity index is 1.87. The smallest absolute Gasteiger partial charge is 0.399 e. The van der Waals surface area contributed by atoms with Crippen LogP contribution in [0.25, 0.3) is 10.9 Å². The van der Waals surface area contributed by atoms with Crippen LogP contribution in [0.1, 0.15) is 27.7 Å². The van der Waals surface area contributed by atoms with Gasteiger partial charge in [0.15, 0.2) is 0 Å². The van der Waals surface area contributed by atoms with Crippen LogP contribution in [0.5, 0.6) is 0 Å². The van der Waals surface area contributed by atoms with Crippen LogP contribution in [-0.2, 0) is 26.4 Å². The molecule has 0 saturated carbocycles. The largest absolute Gasteiger partial charge is 0.497 e. The lowest BCUT2D eigenvalue weighted by Gasteiger charge is -2.32. The summed E-state index contributed by atoms with van der Waals surface area (Å²) in [5, 5.41) is 0.928. The first-order chi connectivity index (χ1) is 14.3. The van der Waals surface area contributed by atoms with Crippen LogP contribution in [0.15, 0.2) is 53.6 Å². The molecular weight excluding hydrogens is 413 g/mol. The van der Waals surface area contributed by atoms with Crippen LogP contribution >= 0.6 is 0 Å². The molecule has 0 radical (unpaired) electrons. The van der Waals surface area contributed by atoms with Crippen LogP contribution in [-0.4, -0.2) is 38.4 Å². The van der Waals surface area contributed by atoms with Gasteiger partial charge in [-0.3, -0.25) is 4.31 Å². The topological polar surface area (TPSA) is 86.8 Å². The molecule has 2 N–H and O–H groups in total. The van der Waals surface area contributed by atoms with Crippen molar-refractivity contribution in [2.75, 3.05) is 17.1 Å². The molecule has 1 aliphatic rings. The third-order valence-electron chi connectivity index (χ3n) is 6.42. The van der Waals surface area contributed by atoms with Gasteiger partial charge in [0.05, 0.1) is 21.8 Å². The van der Waals surface area contributed by atoms with Crippen LogP contribution < -0.4 is 15.5 Å². The van der Waals surface area contributed by atoms with Crippen LogP contribution in [0.4, 0.5) is 11.4 Å². The maximum absolute atomic E-state index is 13.4. The second-order valence-electron chi connectivity index (χ2n) is 9.03. The minimum absolute atomic E-state index is 0.164. The summed E-state index contributed by atoms with van der Waals surface area (Å²) in [5.41, 5.74) is 7.28. The third-order valence-corrected chi connectivity index (χ3v) is 8.20. The fraction of sp³-hybridized carbons (Fsp3) is 0.364. The molecule has 1 aromatic heterocycles. The molecule has 0 aliphatic carbocycles. The fourth-order valence-electron chi connectivity index (χ4n) is 3.68. The van der Waals surface area contributed by atoms with Gasteiger partial charge in [-0.05, 0) is 70.2 Å². The van der Waals surface area contributed by atoms with E-state index in [1.807, 2.05) is 63.7 Å².